The second-order valence-corrected chi connectivity index (χ2v) is 3.73. The predicted octanol–water partition coefficient (Wildman–Crippen LogP) is 1.64. The lowest BCUT2D eigenvalue weighted by Crippen LogP contribution is -2.28. The van der Waals surface area contributed by atoms with E-state index < -0.39 is 11.7 Å². The first-order chi connectivity index (χ1) is 8.06. The van der Waals surface area contributed by atoms with Gasteiger partial charge in [0.25, 0.3) is 5.91 Å². The Morgan fingerprint density at radius 2 is 2.24 bits per heavy atom. The van der Waals surface area contributed by atoms with Crippen LogP contribution < -0.4 is 0 Å². The summed E-state index contributed by atoms with van der Waals surface area (Å²) in [6.45, 7) is 1.04. The summed E-state index contributed by atoms with van der Waals surface area (Å²) in [5.74, 6) is -1.16. The van der Waals surface area contributed by atoms with E-state index in [0.29, 0.717) is 19.6 Å². The van der Waals surface area contributed by atoms with Gasteiger partial charge in [-0.3, -0.25) is 4.79 Å². The number of phenolic OH excluding ortho intramolecular Hbond substituents is 1. The Kier molecular flexibility index (Phi) is 4.90. The van der Waals surface area contributed by atoms with Gasteiger partial charge in [-0.2, -0.15) is 0 Å². The highest BCUT2D eigenvalue weighted by molar-refractivity contribution is 5.96. The zero-order chi connectivity index (χ0) is 12.8. The van der Waals surface area contributed by atoms with Crippen LogP contribution in [-0.4, -0.2) is 43.2 Å². The molecule has 0 radical (unpaired) electrons. The summed E-state index contributed by atoms with van der Waals surface area (Å²) >= 11 is 0. The highest BCUT2D eigenvalue weighted by Gasteiger charge is 2.16. The Labute approximate surface area is 99.6 Å². The summed E-state index contributed by atoms with van der Waals surface area (Å²) in [5.41, 5.74) is -0.0232. The average molecular weight is 241 g/mol. The van der Waals surface area contributed by atoms with E-state index in [9.17, 15) is 14.3 Å². The number of benzene rings is 1. The maximum absolute atomic E-state index is 13.0. The molecule has 0 spiro atoms. The van der Waals surface area contributed by atoms with Gasteiger partial charge in [0.05, 0.1) is 5.56 Å². The van der Waals surface area contributed by atoms with Crippen molar-refractivity contribution in [1.29, 1.82) is 0 Å². The van der Waals surface area contributed by atoms with E-state index >= 15 is 0 Å². The minimum atomic E-state index is -0.545. The molecule has 0 bridgehead atoms. The largest absolute Gasteiger partial charge is 0.507 e. The number of halogens is 1. The molecule has 0 saturated carbocycles. The molecule has 17 heavy (non-hydrogen) atoms. The van der Waals surface area contributed by atoms with Gasteiger partial charge in [-0.15, -0.1) is 0 Å². The number of amides is 1. The summed E-state index contributed by atoms with van der Waals surface area (Å²) in [6.07, 6.45) is 0.689. The molecule has 0 saturated heterocycles. The van der Waals surface area contributed by atoms with Gasteiger partial charge >= 0.3 is 0 Å². The summed E-state index contributed by atoms with van der Waals surface area (Å²) in [4.78, 5) is 13.3. The molecule has 0 atom stereocenters. The molecule has 94 valence electrons. The predicted molar refractivity (Wildman–Crippen MR) is 61.5 cm³/mol. The monoisotopic (exact) mass is 241 g/mol. The third-order valence-corrected chi connectivity index (χ3v) is 2.38. The summed E-state index contributed by atoms with van der Waals surface area (Å²) < 4.78 is 17.8. The van der Waals surface area contributed by atoms with Crippen LogP contribution in [0.3, 0.4) is 0 Å². The van der Waals surface area contributed by atoms with Crippen molar-refractivity contribution in [3.05, 3.63) is 29.6 Å². The van der Waals surface area contributed by atoms with E-state index in [1.165, 1.54) is 11.0 Å². The van der Waals surface area contributed by atoms with E-state index in [1.807, 2.05) is 0 Å². The minimum absolute atomic E-state index is 0.0232. The van der Waals surface area contributed by atoms with Gasteiger partial charge in [0.2, 0.25) is 0 Å². The van der Waals surface area contributed by atoms with Crippen molar-refractivity contribution >= 4 is 5.91 Å². The molecule has 1 aromatic carbocycles. The van der Waals surface area contributed by atoms with E-state index in [2.05, 4.69) is 0 Å². The van der Waals surface area contributed by atoms with E-state index in [4.69, 9.17) is 4.74 Å². The normalized spacial score (nSPS) is 10.3. The van der Waals surface area contributed by atoms with Gasteiger partial charge in [0.15, 0.2) is 0 Å². The Balaban J connectivity index is 2.71. The number of rotatable bonds is 5. The molecular formula is C12H16FNO3. The third kappa shape index (κ3) is 3.71. The van der Waals surface area contributed by atoms with Crippen LogP contribution in [0.25, 0.3) is 0 Å². The first-order valence-electron chi connectivity index (χ1n) is 5.29. The van der Waals surface area contributed by atoms with E-state index in [0.717, 1.165) is 12.1 Å². The molecule has 0 fully saturated rings. The fraction of sp³-hybridized carbons (Fsp3) is 0.417. The van der Waals surface area contributed by atoms with Crippen LogP contribution >= 0.6 is 0 Å². The zero-order valence-electron chi connectivity index (χ0n) is 9.94. The van der Waals surface area contributed by atoms with Crippen molar-refractivity contribution in [2.24, 2.45) is 0 Å². The molecule has 0 aromatic heterocycles. The molecule has 0 aliphatic carbocycles. The Morgan fingerprint density at radius 3 is 2.88 bits per heavy atom. The molecule has 1 N–H and O–H groups in total. The standard InChI is InChI=1S/C12H16FNO3/c1-14(6-3-7-17-2)12(16)10-8-9(13)4-5-11(10)15/h4-5,8,15H,3,6-7H2,1-2H3. The van der Waals surface area contributed by atoms with Crippen LogP contribution in [0.5, 0.6) is 5.75 Å². The number of hydrogen-bond acceptors (Lipinski definition) is 3. The molecular weight excluding hydrogens is 225 g/mol. The highest BCUT2D eigenvalue weighted by Crippen LogP contribution is 2.19. The smallest absolute Gasteiger partial charge is 0.257 e. The third-order valence-electron chi connectivity index (χ3n) is 2.38. The second-order valence-electron chi connectivity index (χ2n) is 3.73. The van der Waals surface area contributed by atoms with Gasteiger partial charge in [0, 0.05) is 27.3 Å². The first-order valence-corrected chi connectivity index (χ1v) is 5.29. The fourth-order valence-electron chi connectivity index (χ4n) is 1.43. The zero-order valence-corrected chi connectivity index (χ0v) is 9.94. The van der Waals surface area contributed by atoms with Gasteiger partial charge in [-0.25, -0.2) is 4.39 Å². The Bertz CT molecular complexity index is 395. The number of phenols is 1. The highest BCUT2D eigenvalue weighted by atomic mass is 19.1. The van der Waals surface area contributed by atoms with Gasteiger partial charge in [-0.05, 0) is 24.6 Å². The summed E-state index contributed by atoms with van der Waals surface area (Å²) in [5, 5.41) is 9.49. The number of hydrogen-bond donors (Lipinski definition) is 1. The van der Waals surface area contributed by atoms with Crippen LogP contribution in [0.1, 0.15) is 16.8 Å². The van der Waals surface area contributed by atoms with Crippen LogP contribution in [0.2, 0.25) is 0 Å². The molecule has 1 rings (SSSR count). The first kappa shape index (κ1) is 13.4. The lowest BCUT2D eigenvalue weighted by molar-refractivity contribution is 0.0776. The molecule has 1 aromatic rings. The van der Waals surface area contributed by atoms with Crippen LogP contribution in [0, 0.1) is 5.82 Å². The Morgan fingerprint density at radius 1 is 1.53 bits per heavy atom. The fourth-order valence-corrected chi connectivity index (χ4v) is 1.43. The lowest BCUT2D eigenvalue weighted by Gasteiger charge is -2.17. The van der Waals surface area contributed by atoms with Crippen LogP contribution in [-0.2, 0) is 4.74 Å². The molecule has 4 nitrogen and oxygen atoms in total. The van der Waals surface area contributed by atoms with Crippen molar-refractivity contribution in [1.82, 2.24) is 4.90 Å². The molecule has 0 unspecified atom stereocenters. The van der Waals surface area contributed by atoms with Gasteiger partial charge in [0.1, 0.15) is 11.6 Å². The number of carbonyl (C=O) groups is 1. The van der Waals surface area contributed by atoms with E-state index in [1.54, 1.807) is 14.2 Å². The second kappa shape index (κ2) is 6.20. The number of methoxy groups -OCH3 is 1. The summed E-state index contributed by atoms with van der Waals surface area (Å²) in [6, 6.07) is 3.31. The molecule has 1 amide bonds. The molecule has 5 heteroatoms. The Hall–Kier alpha value is -1.62. The maximum atomic E-state index is 13.0. The van der Waals surface area contributed by atoms with Gasteiger partial charge < -0.3 is 14.7 Å². The molecule has 0 heterocycles. The number of nitrogens with zero attached hydrogens (tertiary/aromatic N) is 1. The maximum Gasteiger partial charge on any atom is 0.257 e. The van der Waals surface area contributed by atoms with Crippen molar-refractivity contribution in [3.8, 4) is 5.75 Å². The van der Waals surface area contributed by atoms with Crippen molar-refractivity contribution in [2.75, 3.05) is 27.3 Å². The average Bonchev–Trinajstić information content (AvgIpc) is 2.31. The lowest BCUT2D eigenvalue weighted by atomic mass is 10.1. The van der Waals surface area contributed by atoms with Crippen LogP contribution in [0.4, 0.5) is 4.39 Å². The van der Waals surface area contributed by atoms with E-state index in [-0.39, 0.29) is 11.3 Å². The van der Waals surface area contributed by atoms with Gasteiger partial charge in [-0.1, -0.05) is 0 Å². The number of ether oxygens (including phenoxy) is 1. The van der Waals surface area contributed by atoms with Crippen molar-refractivity contribution in [2.45, 2.75) is 6.42 Å². The summed E-state index contributed by atoms with van der Waals surface area (Å²) in [7, 11) is 3.18. The quantitative estimate of drug-likeness (QED) is 0.797. The minimum Gasteiger partial charge on any atom is -0.507 e. The van der Waals surface area contributed by atoms with Crippen molar-refractivity contribution in [3.63, 3.8) is 0 Å². The number of carbonyl (C=O) groups excluding carboxylic acids is 1. The SMILES string of the molecule is COCCCN(C)C(=O)c1cc(F)ccc1O. The topological polar surface area (TPSA) is 49.8 Å². The number of aromatic hydroxyl groups is 1. The molecule has 0 aliphatic heterocycles. The molecule has 0 aliphatic rings. The van der Waals surface area contributed by atoms with Crippen LogP contribution in [0.15, 0.2) is 18.2 Å². The van der Waals surface area contributed by atoms with Crippen molar-refractivity contribution < 1.29 is 19.0 Å².